The zero-order valence-corrected chi connectivity index (χ0v) is 14.8. The van der Waals surface area contributed by atoms with Gasteiger partial charge in [0.2, 0.25) is 0 Å². The van der Waals surface area contributed by atoms with Gasteiger partial charge in [-0.2, -0.15) is 0 Å². The van der Waals surface area contributed by atoms with Crippen LogP contribution < -0.4 is 5.32 Å². The predicted octanol–water partition coefficient (Wildman–Crippen LogP) is 3.46. The smallest absolute Gasteiger partial charge is 0.358 e. The standard InChI is InChI=1S/C17H18ClN3O4/c1-17(2,3)25-14(22)8-10-4-6-11(7-5-10)19-12-9-13(18)20-21-15(12)16(23)24/h4-7,9H,8H2,1-3H3,(H,19,20)(H,23,24). The summed E-state index contributed by atoms with van der Waals surface area (Å²) in [4.78, 5) is 23.0. The molecule has 0 saturated carbocycles. The fourth-order valence-corrected chi connectivity index (χ4v) is 2.17. The number of carbonyl (C=O) groups is 2. The molecule has 0 spiro atoms. The van der Waals surface area contributed by atoms with Gasteiger partial charge in [0.05, 0.1) is 12.1 Å². The molecule has 0 atom stereocenters. The van der Waals surface area contributed by atoms with Crippen molar-refractivity contribution in [1.82, 2.24) is 10.2 Å². The number of aromatic carboxylic acids is 1. The molecule has 0 fully saturated rings. The number of anilines is 2. The van der Waals surface area contributed by atoms with Crippen LogP contribution in [0.15, 0.2) is 30.3 Å². The number of hydrogen-bond donors (Lipinski definition) is 2. The summed E-state index contributed by atoms with van der Waals surface area (Å²) >= 11 is 5.77. The molecule has 2 aromatic rings. The molecule has 25 heavy (non-hydrogen) atoms. The number of esters is 1. The van der Waals surface area contributed by atoms with E-state index in [4.69, 9.17) is 21.4 Å². The number of aromatic nitrogens is 2. The maximum atomic E-state index is 11.8. The molecule has 1 aromatic carbocycles. The van der Waals surface area contributed by atoms with Gasteiger partial charge in [0.1, 0.15) is 5.60 Å². The third kappa shape index (κ3) is 5.72. The van der Waals surface area contributed by atoms with Gasteiger partial charge in [-0.25, -0.2) is 4.79 Å². The largest absolute Gasteiger partial charge is 0.476 e. The van der Waals surface area contributed by atoms with Crippen LogP contribution in [0.3, 0.4) is 0 Å². The minimum Gasteiger partial charge on any atom is -0.476 e. The second kappa shape index (κ2) is 7.48. The third-order valence-electron chi connectivity index (χ3n) is 2.97. The average Bonchev–Trinajstić information content (AvgIpc) is 2.47. The number of halogens is 1. The second-order valence-corrected chi connectivity index (χ2v) is 6.71. The number of nitrogens with zero attached hydrogens (tertiary/aromatic N) is 2. The number of carbonyl (C=O) groups excluding carboxylic acids is 1. The fourth-order valence-electron chi connectivity index (χ4n) is 2.03. The van der Waals surface area contributed by atoms with Crippen LogP contribution in [0.25, 0.3) is 0 Å². The monoisotopic (exact) mass is 363 g/mol. The number of rotatable bonds is 5. The number of carboxylic acid groups (broad SMARTS) is 1. The van der Waals surface area contributed by atoms with Gasteiger partial charge in [0, 0.05) is 11.8 Å². The lowest BCUT2D eigenvalue weighted by Crippen LogP contribution is -2.24. The Morgan fingerprint density at radius 3 is 2.40 bits per heavy atom. The van der Waals surface area contributed by atoms with Crippen molar-refractivity contribution in [2.45, 2.75) is 32.8 Å². The molecule has 0 bridgehead atoms. The molecule has 0 aliphatic heterocycles. The van der Waals surface area contributed by atoms with E-state index in [-0.39, 0.29) is 28.9 Å². The van der Waals surface area contributed by atoms with E-state index in [0.29, 0.717) is 5.69 Å². The number of hydrogen-bond acceptors (Lipinski definition) is 6. The second-order valence-electron chi connectivity index (χ2n) is 6.32. The molecule has 1 heterocycles. The Bertz CT molecular complexity index is 785. The molecule has 7 nitrogen and oxygen atoms in total. The first-order valence-corrected chi connectivity index (χ1v) is 7.86. The van der Waals surface area contributed by atoms with Gasteiger partial charge in [0.25, 0.3) is 0 Å². The van der Waals surface area contributed by atoms with Crippen LogP contribution in [-0.4, -0.2) is 32.8 Å². The van der Waals surface area contributed by atoms with Gasteiger partial charge in [-0.15, -0.1) is 10.2 Å². The van der Waals surface area contributed by atoms with E-state index in [1.807, 2.05) is 20.8 Å². The van der Waals surface area contributed by atoms with Crippen molar-refractivity contribution in [3.8, 4) is 0 Å². The van der Waals surface area contributed by atoms with Crippen molar-refractivity contribution in [2.24, 2.45) is 0 Å². The Labute approximate surface area is 150 Å². The third-order valence-corrected chi connectivity index (χ3v) is 3.15. The highest BCUT2D eigenvalue weighted by molar-refractivity contribution is 6.29. The fraction of sp³-hybridized carbons (Fsp3) is 0.294. The van der Waals surface area contributed by atoms with Crippen molar-refractivity contribution < 1.29 is 19.4 Å². The number of carboxylic acids is 1. The van der Waals surface area contributed by atoms with Gasteiger partial charge in [0.15, 0.2) is 10.8 Å². The van der Waals surface area contributed by atoms with E-state index in [0.717, 1.165) is 5.56 Å². The Balaban J connectivity index is 2.10. The Kier molecular flexibility index (Phi) is 5.58. The van der Waals surface area contributed by atoms with Crippen LogP contribution in [0.5, 0.6) is 0 Å². The minimum atomic E-state index is -1.21. The zero-order valence-electron chi connectivity index (χ0n) is 14.0. The van der Waals surface area contributed by atoms with Gasteiger partial charge in [-0.3, -0.25) is 4.79 Å². The lowest BCUT2D eigenvalue weighted by Gasteiger charge is -2.19. The van der Waals surface area contributed by atoms with Crippen molar-refractivity contribution in [2.75, 3.05) is 5.32 Å². The molecule has 132 valence electrons. The van der Waals surface area contributed by atoms with Crippen LogP contribution in [0.2, 0.25) is 5.15 Å². The maximum absolute atomic E-state index is 11.8. The van der Waals surface area contributed by atoms with Crippen LogP contribution in [0.4, 0.5) is 11.4 Å². The summed E-state index contributed by atoms with van der Waals surface area (Å²) in [6, 6.07) is 8.33. The topological polar surface area (TPSA) is 101 Å². The molecule has 8 heteroatoms. The van der Waals surface area contributed by atoms with E-state index in [9.17, 15) is 9.59 Å². The van der Waals surface area contributed by atoms with E-state index in [1.54, 1.807) is 24.3 Å². The Morgan fingerprint density at radius 1 is 1.20 bits per heavy atom. The highest BCUT2D eigenvalue weighted by atomic mass is 35.5. The Morgan fingerprint density at radius 2 is 1.84 bits per heavy atom. The van der Waals surface area contributed by atoms with E-state index < -0.39 is 11.6 Å². The zero-order chi connectivity index (χ0) is 18.6. The molecule has 0 amide bonds. The molecule has 1 aromatic heterocycles. The predicted molar refractivity (Wildman–Crippen MR) is 93.3 cm³/mol. The summed E-state index contributed by atoms with van der Waals surface area (Å²) in [5, 5.41) is 19.2. The summed E-state index contributed by atoms with van der Waals surface area (Å²) < 4.78 is 5.27. The maximum Gasteiger partial charge on any atom is 0.358 e. The lowest BCUT2D eigenvalue weighted by molar-refractivity contribution is -0.153. The van der Waals surface area contributed by atoms with Crippen LogP contribution in [0, 0.1) is 0 Å². The number of nitrogens with one attached hydrogen (secondary N) is 1. The number of ether oxygens (including phenoxy) is 1. The van der Waals surface area contributed by atoms with Gasteiger partial charge in [-0.1, -0.05) is 23.7 Å². The molecule has 0 saturated heterocycles. The van der Waals surface area contributed by atoms with Crippen molar-refractivity contribution >= 4 is 34.9 Å². The lowest BCUT2D eigenvalue weighted by atomic mass is 10.1. The van der Waals surface area contributed by atoms with Crippen LogP contribution in [0.1, 0.15) is 36.8 Å². The van der Waals surface area contributed by atoms with E-state index in [2.05, 4.69) is 15.5 Å². The minimum absolute atomic E-state index is 0.0778. The first kappa shape index (κ1) is 18.7. The molecule has 0 aliphatic rings. The number of benzene rings is 1. The summed E-state index contributed by atoms with van der Waals surface area (Å²) in [6.07, 6.45) is 0.153. The van der Waals surface area contributed by atoms with Gasteiger partial charge >= 0.3 is 11.9 Å². The van der Waals surface area contributed by atoms with E-state index >= 15 is 0 Å². The van der Waals surface area contributed by atoms with E-state index in [1.165, 1.54) is 6.07 Å². The molecular formula is C17H18ClN3O4. The molecule has 2 rings (SSSR count). The Hall–Kier alpha value is -2.67. The first-order valence-electron chi connectivity index (χ1n) is 7.48. The van der Waals surface area contributed by atoms with Crippen molar-refractivity contribution in [1.29, 1.82) is 0 Å². The summed E-state index contributed by atoms with van der Waals surface area (Å²) in [5.41, 5.74) is 0.873. The summed E-state index contributed by atoms with van der Waals surface area (Å²) in [5.74, 6) is -1.53. The summed E-state index contributed by atoms with van der Waals surface area (Å²) in [7, 11) is 0. The normalized spacial score (nSPS) is 11.0. The van der Waals surface area contributed by atoms with Crippen molar-refractivity contribution in [3.63, 3.8) is 0 Å². The quantitative estimate of drug-likeness (QED) is 0.784. The molecule has 0 unspecified atom stereocenters. The van der Waals surface area contributed by atoms with Crippen molar-refractivity contribution in [3.05, 3.63) is 46.7 Å². The van der Waals surface area contributed by atoms with Crippen LogP contribution in [-0.2, 0) is 16.0 Å². The molecular weight excluding hydrogens is 346 g/mol. The summed E-state index contributed by atoms with van der Waals surface area (Å²) in [6.45, 7) is 5.43. The van der Waals surface area contributed by atoms with Gasteiger partial charge in [-0.05, 0) is 38.5 Å². The average molecular weight is 364 g/mol. The highest BCUT2D eigenvalue weighted by Crippen LogP contribution is 2.22. The SMILES string of the molecule is CC(C)(C)OC(=O)Cc1ccc(Nc2cc(Cl)nnc2C(=O)O)cc1. The molecule has 0 radical (unpaired) electrons. The van der Waals surface area contributed by atoms with Crippen LogP contribution >= 0.6 is 11.6 Å². The highest BCUT2D eigenvalue weighted by Gasteiger charge is 2.17. The molecule has 2 N–H and O–H groups in total. The van der Waals surface area contributed by atoms with Gasteiger partial charge < -0.3 is 15.2 Å². The first-order chi connectivity index (χ1) is 11.6. The molecule has 0 aliphatic carbocycles.